The molecule has 0 fully saturated rings. The van der Waals surface area contributed by atoms with Gasteiger partial charge in [-0.1, -0.05) is 12.1 Å². The third-order valence-electron chi connectivity index (χ3n) is 2.48. The molecule has 1 heterocycles. The smallest absolute Gasteiger partial charge is 0.271 e. The maximum absolute atomic E-state index is 11.2. The molecule has 7 nitrogen and oxygen atoms in total. The number of carbonyl (C=O) groups excluding carboxylic acids is 1. The Kier molecular flexibility index (Phi) is 5.05. The number of carbonyl (C=O) groups is 1. The van der Waals surface area contributed by atoms with E-state index in [4.69, 9.17) is 15.2 Å². The van der Waals surface area contributed by atoms with Crippen LogP contribution in [0.25, 0.3) is 0 Å². The average molecular weight is 242 g/mol. The van der Waals surface area contributed by atoms with E-state index in [1.165, 1.54) is 0 Å². The number of methoxy groups -OCH3 is 2. The minimum atomic E-state index is -0.601. The van der Waals surface area contributed by atoms with Crippen molar-refractivity contribution in [2.75, 3.05) is 20.8 Å². The van der Waals surface area contributed by atoms with Crippen LogP contribution in [0, 0.1) is 0 Å². The number of amides is 1. The van der Waals surface area contributed by atoms with Gasteiger partial charge in [0.2, 0.25) is 0 Å². The fraction of sp³-hybridized carbons (Fsp3) is 0.700. The number of hydrogen-bond donors (Lipinski definition) is 1. The van der Waals surface area contributed by atoms with Gasteiger partial charge in [-0.25, -0.2) is 4.68 Å². The van der Waals surface area contributed by atoms with Crippen molar-refractivity contribution >= 4 is 5.91 Å². The molecule has 1 aromatic heterocycles. The fourth-order valence-corrected chi connectivity index (χ4v) is 1.62. The number of rotatable bonds is 7. The summed E-state index contributed by atoms with van der Waals surface area (Å²) in [6.45, 7) is 2.74. The summed E-state index contributed by atoms with van der Waals surface area (Å²) in [5.41, 5.74) is 5.97. The second-order valence-corrected chi connectivity index (χ2v) is 3.64. The van der Waals surface area contributed by atoms with Crippen molar-refractivity contribution in [2.45, 2.75) is 26.0 Å². The SMILES string of the molecule is CCC(COC)n1nnc(C(N)=O)c1COC. The summed E-state index contributed by atoms with van der Waals surface area (Å²) < 4.78 is 11.8. The van der Waals surface area contributed by atoms with E-state index in [2.05, 4.69) is 10.3 Å². The molecule has 1 atom stereocenters. The molecule has 0 aromatic carbocycles. The third kappa shape index (κ3) is 3.01. The van der Waals surface area contributed by atoms with Gasteiger partial charge in [0.05, 0.1) is 24.9 Å². The molecule has 0 aliphatic carbocycles. The standard InChI is InChI=1S/C10H18N4O3/c1-4-7(5-16-2)14-8(6-17-3)9(10(11)15)12-13-14/h7H,4-6H2,1-3H3,(H2,11,15). The van der Waals surface area contributed by atoms with Gasteiger partial charge in [0, 0.05) is 14.2 Å². The first-order chi connectivity index (χ1) is 8.15. The molecule has 7 heteroatoms. The molecule has 0 aliphatic heterocycles. The first kappa shape index (κ1) is 13.6. The number of ether oxygens (including phenoxy) is 2. The maximum atomic E-state index is 11.2. The van der Waals surface area contributed by atoms with Gasteiger partial charge in [0.15, 0.2) is 5.69 Å². The molecular formula is C10H18N4O3. The molecule has 1 amide bonds. The second kappa shape index (κ2) is 6.31. The third-order valence-corrected chi connectivity index (χ3v) is 2.48. The Labute approximate surface area is 99.9 Å². The van der Waals surface area contributed by atoms with E-state index >= 15 is 0 Å². The van der Waals surface area contributed by atoms with E-state index in [9.17, 15) is 4.79 Å². The molecule has 0 spiro atoms. The number of aromatic nitrogens is 3. The van der Waals surface area contributed by atoms with E-state index < -0.39 is 5.91 Å². The van der Waals surface area contributed by atoms with Crippen LogP contribution >= 0.6 is 0 Å². The molecule has 0 saturated heterocycles. The molecule has 2 N–H and O–H groups in total. The Bertz CT molecular complexity index is 378. The molecule has 17 heavy (non-hydrogen) atoms. The monoisotopic (exact) mass is 242 g/mol. The molecule has 1 rings (SSSR count). The van der Waals surface area contributed by atoms with Crippen molar-refractivity contribution in [2.24, 2.45) is 5.73 Å². The summed E-state index contributed by atoms with van der Waals surface area (Å²) in [5.74, 6) is -0.601. The van der Waals surface area contributed by atoms with Crippen LogP contribution in [-0.4, -0.2) is 41.7 Å². The van der Waals surface area contributed by atoms with Crippen LogP contribution in [-0.2, 0) is 16.1 Å². The lowest BCUT2D eigenvalue weighted by atomic mass is 10.2. The number of nitrogens with two attached hydrogens (primary N) is 1. The molecule has 1 unspecified atom stereocenters. The first-order valence-corrected chi connectivity index (χ1v) is 5.37. The van der Waals surface area contributed by atoms with Gasteiger partial charge in [0.25, 0.3) is 5.91 Å². The van der Waals surface area contributed by atoms with Crippen molar-refractivity contribution in [3.8, 4) is 0 Å². The predicted octanol–water partition coefficient (Wildman–Crippen LogP) is 0.121. The highest BCUT2D eigenvalue weighted by Crippen LogP contribution is 2.16. The molecule has 0 radical (unpaired) electrons. The maximum Gasteiger partial charge on any atom is 0.271 e. The lowest BCUT2D eigenvalue weighted by Crippen LogP contribution is -2.20. The second-order valence-electron chi connectivity index (χ2n) is 3.64. The van der Waals surface area contributed by atoms with Gasteiger partial charge in [-0.2, -0.15) is 0 Å². The van der Waals surface area contributed by atoms with Crippen LogP contribution in [0.1, 0.15) is 35.6 Å². The lowest BCUT2D eigenvalue weighted by Gasteiger charge is -2.16. The van der Waals surface area contributed by atoms with Gasteiger partial charge in [-0.15, -0.1) is 5.10 Å². The molecule has 0 saturated carbocycles. The molecule has 0 bridgehead atoms. The summed E-state index contributed by atoms with van der Waals surface area (Å²) in [5, 5.41) is 7.74. The predicted molar refractivity (Wildman–Crippen MR) is 60.5 cm³/mol. The van der Waals surface area contributed by atoms with Gasteiger partial charge < -0.3 is 15.2 Å². The highest BCUT2D eigenvalue weighted by atomic mass is 16.5. The van der Waals surface area contributed by atoms with Crippen LogP contribution in [0.4, 0.5) is 0 Å². The highest BCUT2D eigenvalue weighted by Gasteiger charge is 2.21. The van der Waals surface area contributed by atoms with Gasteiger partial charge >= 0.3 is 0 Å². The molecule has 1 aromatic rings. The van der Waals surface area contributed by atoms with E-state index in [0.717, 1.165) is 6.42 Å². The van der Waals surface area contributed by atoms with E-state index in [1.807, 2.05) is 6.92 Å². The van der Waals surface area contributed by atoms with E-state index in [0.29, 0.717) is 12.3 Å². The van der Waals surface area contributed by atoms with Crippen molar-refractivity contribution in [1.82, 2.24) is 15.0 Å². The average Bonchev–Trinajstić information content (AvgIpc) is 2.70. The topological polar surface area (TPSA) is 92.3 Å². The Balaban J connectivity index is 3.09. The molecule has 0 aliphatic rings. The van der Waals surface area contributed by atoms with Gasteiger partial charge in [-0.05, 0) is 6.42 Å². The van der Waals surface area contributed by atoms with Gasteiger partial charge in [0.1, 0.15) is 0 Å². The summed E-state index contributed by atoms with van der Waals surface area (Å²) in [4.78, 5) is 11.2. The van der Waals surface area contributed by atoms with Crippen molar-refractivity contribution < 1.29 is 14.3 Å². The molecular weight excluding hydrogens is 224 g/mol. The largest absolute Gasteiger partial charge is 0.382 e. The Hall–Kier alpha value is -1.47. The first-order valence-electron chi connectivity index (χ1n) is 5.37. The highest BCUT2D eigenvalue weighted by molar-refractivity contribution is 5.91. The van der Waals surface area contributed by atoms with Crippen LogP contribution in [0.5, 0.6) is 0 Å². The van der Waals surface area contributed by atoms with Crippen LogP contribution in [0.2, 0.25) is 0 Å². The normalized spacial score (nSPS) is 12.6. The van der Waals surface area contributed by atoms with E-state index in [1.54, 1.807) is 18.9 Å². The summed E-state index contributed by atoms with van der Waals surface area (Å²) >= 11 is 0. The van der Waals surface area contributed by atoms with Crippen LogP contribution in [0.3, 0.4) is 0 Å². The minimum Gasteiger partial charge on any atom is -0.382 e. The zero-order chi connectivity index (χ0) is 12.8. The lowest BCUT2D eigenvalue weighted by molar-refractivity contribution is 0.0988. The summed E-state index contributed by atoms with van der Waals surface area (Å²) in [7, 11) is 3.16. The number of hydrogen-bond acceptors (Lipinski definition) is 5. The number of primary amides is 1. The summed E-state index contributed by atoms with van der Waals surface area (Å²) in [6, 6.07) is 0.0192. The van der Waals surface area contributed by atoms with Gasteiger partial charge in [-0.3, -0.25) is 4.79 Å². The quantitative estimate of drug-likeness (QED) is 0.733. The Morgan fingerprint density at radius 1 is 1.47 bits per heavy atom. The minimum absolute atomic E-state index is 0.0192. The van der Waals surface area contributed by atoms with Crippen LogP contribution < -0.4 is 5.73 Å². The van der Waals surface area contributed by atoms with Crippen molar-refractivity contribution in [3.05, 3.63) is 11.4 Å². The number of nitrogens with zero attached hydrogens (tertiary/aromatic N) is 3. The van der Waals surface area contributed by atoms with Crippen molar-refractivity contribution in [3.63, 3.8) is 0 Å². The summed E-state index contributed by atoms with van der Waals surface area (Å²) in [6.07, 6.45) is 0.812. The van der Waals surface area contributed by atoms with Crippen molar-refractivity contribution in [1.29, 1.82) is 0 Å². The fourth-order valence-electron chi connectivity index (χ4n) is 1.62. The van der Waals surface area contributed by atoms with Crippen LogP contribution in [0.15, 0.2) is 0 Å². The zero-order valence-electron chi connectivity index (χ0n) is 10.3. The molecule has 96 valence electrons. The Morgan fingerprint density at radius 2 is 2.18 bits per heavy atom. The Morgan fingerprint density at radius 3 is 2.65 bits per heavy atom. The zero-order valence-corrected chi connectivity index (χ0v) is 10.3. The van der Waals surface area contributed by atoms with E-state index in [-0.39, 0.29) is 18.3 Å².